The van der Waals surface area contributed by atoms with Crippen LogP contribution in [-0.4, -0.2) is 52.3 Å². The molecule has 1 unspecified atom stereocenters. The van der Waals surface area contributed by atoms with E-state index in [1.165, 1.54) is 28.3 Å². The van der Waals surface area contributed by atoms with Crippen LogP contribution in [0.4, 0.5) is 4.39 Å². The second-order valence-corrected chi connectivity index (χ2v) is 12.4. The van der Waals surface area contributed by atoms with Gasteiger partial charge in [-0.1, -0.05) is 24.3 Å². The number of amides is 2. The van der Waals surface area contributed by atoms with Gasteiger partial charge in [0, 0.05) is 42.6 Å². The van der Waals surface area contributed by atoms with Gasteiger partial charge in [-0.3, -0.25) is 14.5 Å². The molecule has 6 nitrogen and oxygen atoms in total. The summed E-state index contributed by atoms with van der Waals surface area (Å²) in [6.07, 6.45) is 4.88. The van der Waals surface area contributed by atoms with Crippen LogP contribution in [0.5, 0.6) is 0 Å². The third-order valence-corrected chi connectivity index (χ3v) is 9.46. The van der Waals surface area contributed by atoms with Crippen LogP contribution < -0.4 is 11.1 Å². The zero-order valence-corrected chi connectivity index (χ0v) is 23.1. The maximum Gasteiger partial charge on any atom is 0.264 e. The van der Waals surface area contributed by atoms with Crippen LogP contribution in [0.1, 0.15) is 58.6 Å². The molecule has 1 aliphatic carbocycles. The van der Waals surface area contributed by atoms with Crippen molar-refractivity contribution in [1.82, 2.24) is 15.1 Å². The third-order valence-electron chi connectivity index (χ3n) is 7.74. The van der Waals surface area contributed by atoms with Crippen molar-refractivity contribution in [3.8, 4) is 0 Å². The lowest BCUT2D eigenvalue weighted by Crippen LogP contribution is -2.58. The highest BCUT2D eigenvalue weighted by atomic mass is 32.1. The van der Waals surface area contributed by atoms with E-state index in [1.54, 1.807) is 16.2 Å². The molecular formula is C29H35FN4O2S2. The van der Waals surface area contributed by atoms with Crippen molar-refractivity contribution in [2.45, 2.75) is 75.8 Å². The van der Waals surface area contributed by atoms with Crippen molar-refractivity contribution in [2.75, 3.05) is 6.54 Å². The minimum absolute atomic E-state index is 0.0714. The topological polar surface area (TPSA) is 78.7 Å². The van der Waals surface area contributed by atoms with Gasteiger partial charge < -0.3 is 16.0 Å². The Morgan fingerprint density at radius 2 is 1.71 bits per heavy atom. The molecule has 3 aromatic rings. The fourth-order valence-corrected chi connectivity index (χ4v) is 7.02. The van der Waals surface area contributed by atoms with Gasteiger partial charge in [-0.15, -0.1) is 22.7 Å². The Balaban J connectivity index is 1.36. The van der Waals surface area contributed by atoms with Crippen molar-refractivity contribution in [3.05, 3.63) is 80.4 Å². The summed E-state index contributed by atoms with van der Waals surface area (Å²) in [7, 11) is 0. The molecule has 0 radical (unpaired) electrons. The highest BCUT2D eigenvalue weighted by Gasteiger charge is 2.39. The van der Waals surface area contributed by atoms with Crippen LogP contribution in [-0.2, 0) is 17.9 Å². The first-order chi connectivity index (χ1) is 18.5. The first kappa shape index (κ1) is 27.0. The van der Waals surface area contributed by atoms with E-state index in [2.05, 4.69) is 21.7 Å². The van der Waals surface area contributed by atoms with E-state index in [-0.39, 0.29) is 35.8 Å². The molecule has 2 amide bonds. The number of carbonyl (C=O) groups is 2. The second kappa shape index (κ2) is 12.5. The molecule has 1 saturated heterocycles. The van der Waals surface area contributed by atoms with Gasteiger partial charge in [-0.25, -0.2) is 4.39 Å². The lowest BCUT2D eigenvalue weighted by Gasteiger charge is -2.43. The van der Waals surface area contributed by atoms with E-state index in [4.69, 9.17) is 5.73 Å². The molecule has 202 valence electrons. The Bertz CT molecular complexity index is 1180. The van der Waals surface area contributed by atoms with Crippen LogP contribution in [0.3, 0.4) is 0 Å². The van der Waals surface area contributed by atoms with Gasteiger partial charge in [0.25, 0.3) is 5.91 Å². The summed E-state index contributed by atoms with van der Waals surface area (Å²) in [5.74, 6) is -0.398. The summed E-state index contributed by atoms with van der Waals surface area (Å²) in [6.45, 7) is 1.91. The number of piperidine rings is 1. The zero-order chi connectivity index (χ0) is 26.5. The monoisotopic (exact) mass is 554 g/mol. The van der Waals surface area contributed by atoms with E-state index in [0.717, 1.165) is 44.2 Å². The molecule has 3 N–H and O–H groups in total. The van der Waals surface area contributed by atoms with Crippen molar-refractivity contribution >= 4 is 34.5 Å². The predicted octanol–water partition coefficient (Wildman–Crippen LogP) is 5.01. The van der Waals surface area contributed by atoms with Gasteiger partial charge in [0.1, 0.15) is 11.9 Å². The molecule has 2 fully saturated rings. The van der Waals surface area contributed by atoms with Crippen LogP contribution >= 0.6 is 22.7 Å². The zero-order valence-electron chi connectivity index (χ0n) is 21.4. The van der Waals surface area contributed by atoms with E-state index >= 15 is 0 Å². The third kappa shape index (κ3) is 6.69. The van der Waals surface area contributed by atoms with Gasteiger partial charge >= 0.3 is 0 Å². The van der Waals surface area contributed by atoms with E-state index in [1.807, 2.05) is 35.7 Å². The van der Waals surface area contributed by atoms with Crippen LogP contribution in [0, 0.1) is 5.82 Å². The van der Waals surface area contributed by atoms with Gasteiger partial charge in [0.05, 0.1) is 4.88 Å². The number of thiophene rings is 2. The smallest absolute Gasteiger partial charge is 0.264 e. The van der Waals surface area contributed by atoms with Gasteiger partial charge in [-0.05, 0) is 79.1 Å². The average Bonchev–Trinajstić information content (AvgIpc) is 3.65. The maximum atomic E-state index is 13.7. The SMILES string of the molecule is NC1CCC(NC(=O)[C@H]2CC(N(Cc3ccc(F)cc3)Cc3cccs3)CCN2C(=O)c2cccs2)CC1. The highest BCUT2D eigenvalue weighted by molar-refractivity contribution is 7.12. The Morgan fingerprint density at radius 1 is 0.974 bits per heavy atom. The van der Waals surface area contributed by atoms with Crippen molar-refractivity contribution in [1.29, 1.82) is 0 Å². The van der Waals surface area contributed by atoms with E-state index in [0.29, 0.717) is 24.4 Å². The normalized spacial score (nSPS) is 23.9. The van der Waals surface area contributed by atoms with Crippen LogP contribution in [0.25, 0.3) is 0 Å². The van der Waals surface area contributed by atoms with Gasteiger partial charge in [0.15, 0.2) is 0 Å². The lowest BCUT2D eigenvalue weighted by molar-refractivity contribution is -0.128. The maximum absolute atomic E-state index is 13.7. The fourth-order valence-electron chi connectivity index (χ4n) is 5.61. The first-order valence-electron chi connectivity index (χ1n) is 13.4. The van der Waals surface area contributed by atoms with E-state index in [9.17, 15) is 14.0 Å². The number of nitrogens with zero attached hydrogens (tertiary/aromatic N) is 2. The van der Waals surface area contributed by atoms with Gasteiger partial charge in [-0.2, -0.15) is 0 Å². The number of nitrogens with two attached hydrogens (primary N) is 1. The van der Waals surface area contributed by atoms with E-state index < -0.39 is 6.04 Å². The molecule has 1 saturated carbocycles. The molecule has 1 aromatic carbocycles. The molecule has 9 heteroatoms. The van der Waals surface area contributed by atoms with Crippen LogP contribution in [0.2, 0.25) is 0 Å². The molecule has 2 aliphatic rings. The fraction of sp³-hybridized carbons (Fsp3) is 0.448. The first-order valence-corrected chi connectivity index (χ1v) is 15.1. The summed E-state index contributed by atoms with van der Waals surface area (Å²) < 4.78 is 13.6. The molecule has 1 aliphatic heterocycles. The number of hydrogen-bond acceptors (Lipinski definition) is 6. The number of carbonyl (C=O) groups excluding carboxylic acids is 2. The molecule has 0 bridgehead atoms. The molecule has 0 spiro atoms. The number of hydrogen-bond donors (Lipinski definition) is 2. The van der Waals surface area contributed by atoms with Gasteiger partial charge in [0.2, 0.25) is 5.91 Å². The summed E-state index contributed by atoms with van der Waals surface area (Å²) in [5.41, 5.74) is 7.10. The Hall–Kier alpha value is -2.59. The summed E-state index contributed by atoms with van der Waals surface area (Å²) >= 11 is 3.12. The summed E-state index contributed by atoms with van der Waals surface area (Å²) in [5, 5.41) is 7.22. The number of rotatable bonds is 8. The highest BCUT2D eigenvalue weighted by Crippen LogP contribution is 2.29. The van der Waals surface area contributed by atoms with Crippen molar-refractivity contribution in [2.24, 2.45) is 5.73 Å². The Morgan fingerprint density at radius 3 is 2.39 bits per heavy atom. The molecule has 2 aromatic heterocycles. The number of halogens is 1. The quantitative estimate of drug-likeness (QED) is 0.410. The molecular weight excluding hydrogens is 519 g/mol. The standard InChI is InChI=1S/C29H35FN4O2S2/c30-21-7-5-20(6-8-21)18-33(19-25-3-1-15-37-25)24-13-14-34(29(36)27-4-2-16-38-27)26(17-24)28(35)32-23-11-9-22(31)10-12-23/h1-8,15-16,22-24,26H,9-14,17-19,31H2,(H,32,35)/t22?,23?,24?,26-/m1/s1. The molecule has 5 rings (SSSR count). The molecule has 3 heterocycles. The Kier molecular flexibility index (Phi) is 8.89. The Labute approximate surface area is 231 Å². The second-order valence-electron chi connectivity index (χ2n) is 10.4. The molecule has 38 heavy (non-hydrogen) atoms. The molecule has 2 atom stereocenters. The minimum atomic E-state index is -0.544. The summed E-state index contributed by atoms with van der Waals surface area (Å²) in [4.78, 5) is 33.2. The summed E-state index contributed by atoms with van der Waals surface area (Å²) in [6, 6.07) is 14.4. The van der Waals surface area contributed by atoms with Crippen LogP contribution in [0.15, 0.2) is 59.3 Å². The number of likely N-dealkylation sites (tertiary alicyclic amines) is 1. The van der Waals surface area contributed by atoms with Crippen molar-refractivity contribution in [3.63, 3.8) is 0 Å². The number of nitrogens with one attached hydrogen (secondary N) is 1. The largest absolute Gasteiger partial charge is 0.352 e. The van der Waals surface area contributed by atoms with Crippen molar-refractivity contribution < 1.29 is 14.0 Å². The predicted molar refractivity (Wildman–Crippen MR) is 151 cm³/mol. The minimum Gasteiger partial charge on any atom is -0.352 e. The average molecular weight is 555 g/mol. The lowest BCUT2D eigenvalue weighted by atomic mass is 9.90. The number of benzene rings is 1.